The maximum Gasteiger partial charge on any atom is 0.239 e. The summed E-state index contributed by atoms with van der Waals surface area (Å²) in [6, 6.07) is -0.528. The molecule has 4 nitrogen and oxygen atoms in total. The highest BCUT2D eigenvalue weighted by atomic mass is 35.5. The number of amides is 1. The molecular formula is C13H25ClN2O2. The van der Waals surface area contributed by atoms with E-state index in [2.05, 4.69) is 5.32 Å². The summed E-state index contributed by atoms with van der Waals surface area (Å²) in [5, 5.41) is 2.91. The molecule has 5 heteroatoms. The number of nitrogens with two attached hydrogens (primary N) is 1. The van der Waals surface area contributed by atoms with E-state index in [1.54, 1.807) is 7.11 Å². The number of hydrogen-bond donors (Lipinski definition) is 2. The molecule has 1 amide bonds. The molecule has 0 heterocycles. The summed E-state index contributed by atoms with van der Waals surface area (Å²) in [4.78, 5) is 11.6. The third kappa shape index (κ3) is 3.84. The Morgan fingerprint density at radius 1 is 1.44 bits per heavy atom. The van der Waals surface area contributed by atoms with Crippen molar-refractivity contribution in [1.29, 1.82) is 0 Å². The maximum absolute atomic E-state index is 11.6. The number of carbonyl (C=O) groups is 1. The van der Waals surface area contributed by atoms with Crippen molar-refractivity contribution in [2.45, 2.75) is 38.1 Å². The van der Waals surface area contributed by atoms with Gasteiger partial charge in [-0.05, 0) is 43.4 Å². The van der Waals surface area contributed by atoms with Crippen molar-refractivity contribution < 1.29 is 9.53 Å². The quantitative estimate of drug-likeness (QED) is 0.769. The predicted molar refractivity (Wildman–Crippen MR) is 73.7 cm³/mol. The van der Waals surface area contributed by atoms with Gasteiger partial charge in [-0.1, -0.05) is 6.42 Å². The monoisotopic (exact) mass is 276 g/mol. The highest BCUT2D eigenvalue weighted by Crippen LogP contribution is 2.49. The molecule has 18 heavy (non-hydrogen) atoms. The summed E-state index contributed by atoms with van der Waals surface area (Å²) in [6.45, 7) is 1.06. The van der Waals surface area contributed by atoms with Gasteiger partial charge < -0.3 is 15.8 Å². The highest BCUT2D eigenvalue weighted by Gasteiger charge is 2.38. The number of ether oxygens (including phenoxy) is 1. The van der Waals surface area contributed by atoms with Gasteiger partial charge in [0, 0.05) is 13.7 Å². The number of fused-ring (bicyclic) bond motifs is 2. The van der Waals surface area contributed by atoms with Gasteiger partial charge in [0.1, 0.15) is 6.04 Å². The molecule has 2 aliphatic carbocycles. The fourth-order valence-electron chi connectivity index (χ4n) is 3.50. The van der Waals surface area contributed by atoms with Crippen LogP contribution in [0.2, 0.25) is 0 Å². The first-order valence-corrected chi connectivity index (χ1v) is 6.73. The zero-order valence-corrected chi connectivity index (χ0v) is 11.9. The van der Waals surface area contributed by atoms with Crippen LogP contribution in [0.3, 0.4) is 0 Å². The number of halogens is 1. The first-order chi connectivity index (χ1) is 8.20. The molecule has 2 fully saturated rings. The molecule has 2 bridgehead atoms. The Hall–Kier alpha value is -0.320. The Kier molecular flexibility index (Phi) is 6.39. The van der Waals surface area contributed by atoms with Crippen molar-refractivity contribution in [3.05, 3.63) is 0 Å². The van der Waals surface area contributed by atoms with Gasteiger partial charge in [0.05, 0.1) is 6.61 Å². The zero-order valence-electron chi connectivity index (χ0n) is 11.1. The van der Waals surface area contributed by atoms with Crippen LogP contribution >= 0.6 is 12.4 Å². The van der Waals surface area contributed by atoms with E-state index in [0.29, 0.717) is 6.61 Å². The van der Waals surface area contributed by atoms with E-state index >= 15 is 0 Å². The van der Waals surface area contributed by atoms with Crippen LogP contribution in [0.15, 0.2) is 0 Å². The minimum absolute atomic E-state index is 0. The minimum atomic E-state index is -0.528. The molecule has 0 radical (unpaired) electrons. The Morgan fingerprint density at radius 2 is 2.22 bits per heavy atom. The lowest BCUT2D eigenvalue weighted by molar-refractivity contribution is -0.123. The molecule has 0 aliphatic heterocycles. The Morgan fingerprint density at radius 3 is 2.78 bits per heavy atom. The van der Waals surface area contributed by atoms with Gasteiger partial charge in [-0.2, -0.15) is 0 Å². The topological polar surface area (TPSA) is 64.3 Å². The molecule has 2 rings (SSSR count). The molecule has 2 aliphatic rings. The lowest BCUT2D eigenvalue weighted by atomic mass is 9.86. The number of nitrogens with one attached hydrogen (secondary N) is 1. The molecule has 0 saturated heterocycles. The van der Waals surface area contributed by atoms with Crippen molar-refractivity contribution in [1.82, 2.24) is 5.32 Å². The lowest BCUT2D eigenvalue weighted by Gasteiger charge is -2.21. The van der Waals surface area contributed by atoms with Gasteiger partial charge in [-0.25, -0.2) is 0 Å². The third-order valence-electron chi connectivity index (χ3n) is 4.38. The lowest BCUT2D eigenvalue weighted by Crippen LogP contribution is -2.44. The minimum Gasteiger partial charge on any atom is -0.383 e. The van der Waals surface area contributed by atoms with Crippen LogP contribution < -0.4 is 11.1 Å². The molecule has 4 unspecified atom stereocenters. The predicted octanol–water partition coefficient (Wildman–Crippen LogP) is 1.32. The summed E-state index contributed by atoms with van der Waals surface area (Å²) >= 11 is 0. The normalized spacial score (nSPS) is 30.9. The summed E-state index contributed by atoms with van der Waals surface area (Å²) in [5.41, 5.74) is 5.65. The second kappa shape index (κ2) is 7.31. The molecule has 106 valence electrons. The van der Waals surface area contributed by atoms with E-state index in [9.17, 15) is 4.79 Å². The first kappa shape index (κ1) is 15.7. The molecule has 0 aromatic carbocycles. The van der Waals surface area contributed by atoms with Crippen LogP contribution in [0.5, 0.6) is 0 Å². The number of rotatable bonds is 6. The molecule has 4 atom stereocenters. The summed E-state index contributed by atoms with van der Waals surface area (Å²) in [6.07, 6.45) is 6.78. The van der Waals surface area contributed by atoms with E-state index < -0.39 is 6.04 Å². The molecule has 0 spiro atoms. The largest absolute Gasteiger partial charge is 0.383 e. The van der Waals surface area contributed by atoms with Crippen LogP contribution in [-0.4, -0.2) is 32.2 Å². The second-order valence-corrected chi connectivity index (χ2v) is 5.58. The fourth-order valence-corrected chi connectivity index (χ4v) is 3.50. The van der Waals surface area contributed by atoms with Crippen LogP contribution in [-0.2, 0) is 9.53 Å². The number of methoxy groups -OCH3 is 1. The highest BCUT2D eigenvalue weighted by molar-refractivity contribution is 5.85. The van der Waals surface area contributed by atoms with Crippen molar-refractivity contribution >= 4 is 18.3 Å². The van der Waals surface area contributed by atoms with Crippen LogP contribution in [0, 0.1) is 17.8 Å². The van der Waals surface area contributed by atoms with E-state index in [-0.39, 0.29) is 18.3 Å². The Bertz CT molecular complexity index is 276. The average molecular weight is 277 g/mol. The average Bonchev–Trinajstić information content (AvgIpc) is 2.91. The van der Waals surface area contributed by atoms with Gasteiger partial charge in [0.2, 0.25) is 5.91 Å². The number of hydrogen-bond acceptors (Lipinski definition) is 3. The SMILES string of the molecule is COCC(N)C(=O)NCCC1CC2CCC1C2.Cl. The van der Waals surface area contributed by atoms with Crippen molar-refractivity contribution in [2.24, 2.45) is 23.5 Å². The summed E-state index contributed by atoms with van der Waals surface area (Å²) < 4.78 is 4.86. The van der Waals surface area contributed by atoms with Crippen molar-refractivity contribution in [3.63, 3.8) is 0 Å². The maximum atomic E-state index is 11.6. The van der Waals surface area contributed by atoms with Gasteiger partial charge in [0.25, 0.3) is 0 Å². The third-order valence-corrected chi connectivity index (χ3v) is 4.38. The first-order valence-electron chi connectivity index (χ1n) is 6.73. The van der Waals surface area contributed by atoms with Crippen molar-refractivity contribution in [2.75, 3.05) is 20.3 Å². The van der Waals surface area contributed by atoms with Gasteiger partial charge >= 0.3 is 0 Å². The van der Waals surface area contributed by atoms with E-state index in [4.69, 9.17) is 10.5 Å². The molecular weight excluding hydrogens is 252 g/mol. The van der Waals surface area contributed by atoms with E-state index in [1.165, 1.54) is 25.7 Å². The molecule has 0 aromatic rings. The Labute approximate surface area is 115 Å². The summed E-state index contributed by atoms with van der Waals surface area (Å²) in [7, 11) is 1.56. The smallest absolute Gasteiger partial charge is 0.239 e. The van der Waals surface area contributed by atoms with Gasteiger partial charge in [-0.15, -0.1) is 12.4 Å². The molecule has 0 aromatic heterocycles. The van der Waals surface area contributed by atoms with Gasteiger partial charge in [0.15, 0.2) is 0 Å². The molecule has 2 saturated carbocycles. The molecule has 3 N–H and O–H groups in total. The van der Waals surface area contributed by atoms with E-state index in [1.807, 2.05) is 0 Å². The fraction of sp³-hybridized carbons (Fsp3) is 0.923. The van der Waals surface area contributed by atoms with Crippen LogP contribution in [0.25, 0.3) is 0 Å². The van der Waals surface area contributed by atoms with E-state index in [0.717, 1.165) is 30.7 Å². The summed E-state index contributed by atoms with van der Waals surface area (Å²) in [5.74, 6) is 2.67. The zero-order chi connectivity index (χ0) is 12.3. The number of carbonyl (C=O) groups excluding carboxylic acids is 1. The second-order valence-electron chi connectivity index (χ2n) is 5.58. The van der Waals surface area contributed by atoms with Gasteiger partial charge in [-0.3, -0.25) is 4.79 Å². The Balaban J connectivity index is 0.00000162. The van der Waals surface area contributed by atoms with Crippen LogP contribution in [0.1, 0.15) is 32.1 Å². The standard InChI is InChI=1S/C13H24N2O2.ClH/c1-17-8-12(14)13(16)15-5-4-11-7-9-2-3-10(11)6-9;/h9-12H,2-8,14H2,1H3,(H,15,16);1H. The van der Waals surface area contributed by atoms with Crippen molar-refractivity contribution in [3.8, 4) is 0 Å². The van der Waals surface area contributed by atoms with Crippen LogP contribution in [0.4, 0.5) is 0 Å².